The van der Waals surface area contributed by atoms with Crippen LogP contribution in [0.2, 0.25) is 0 Å². The predicted octanol–water partition coefficient (Wildman–Crippen LogP) is 2.12. The molecule has 5 heteroatoms. The van der Waals surface area contributed by atoms with Crippen molar-refractivity contribution < 1.29 is 13.9 Å². The van der Waals surface area contributed by atoms with Crippen LogP contribution >= 0.6 is 11.3 Å². The molecule has 0 atom stereocenters. The standard InChI is InChI=1S/C10H9NO3S/c1-13-10(12)5-9-11-7(6-15-9)8-3-2-4-14-8/h2-4,6H,5H2,1H3. The van der Waals surface area contributed by atoms with Crippen LogP contribution in [0.3, 0.4) is 0 Å². The van der Waals surface area contributed by atoms with Crippen LogP contribution in [0.1, 0.15) is 5.01 Å². The number of carbonyl (C=O) groups excluding carboxylic acids is 1. The number of carbonyl (C=O) groups is 1. The molecule has 0 spiro atoms. The van der Waals surface area contributed by atoms with Crippen LogP contribution in [0.15, 0.2) is 28.2 Å². The van der Waals surface area contributed by atoms with E-state index in [9.17, 15) is 4.79 Å². The van der Waals surface area contributed by atoms with Crippen molar-refractivity contribution in [2.24, 2.45) is 0 Å². The summed E-state index contributed by atoms with van der Waals surface area (Å²) < 4.78 is 9.75. The molecular weight excluding hydrogens is 214 g/mol. The number of rotatable bonds is 3. The second-order valence-electron chi connectivity index (χ2n) is 2.86. The zero-order valence-electron chi connectivity index (χ0n) is 8.10. The summed E-state index contributed by atoms with van der Waals surface area (Å²) in [5.41, 5.74) is 0.754. The highest BCUT2D eigenvalue weighted by molar-refractivity contribution is 7.10. The van der Waals surface area contributed by atoms with Crippen molar-refractivity contribution in [3.63, 3.8) is 0 Å². The summed E-state index contributed by atoms with van der Waals surface area (Å²) >= 11 is 1.42. The van der Waals surface area contributed by atoms with E-state index in [0.717, 1.165) is 10.7 Å². The Morgan fingerprint density at radius 3 is 3.20 bits per heavy atom. The summed E-state index contributed by atoms with van der Waals surface area (Å²) in [6.07, 6.45) is 1.80. The van der Waals surface area contributed by atoms with Crippen molar-refractivity contribution in [3.8, 4) is 11.5 Å². The van der Waals surface area contributed by atoms with Crippen molar-refractivity contribution in [2.45, 2.75) is 6.42 Å². The van der Waals surface area contributed by atoms with Crippen molar-refractivity contribution in [2.75, 3.05) is 7.11 Å². The molecule has 2 heterocycles. The molecule has 0 aromatic carbocycles. The van der Waals surface area contributed by atoms with E-state index in [1.807, 2.05) is 11.4 Å². The quantitative estimate of drug-likeness (QED) is 0.748. The molecule has 2 aromatic rings. The van der Waals surface area contributed by atoms with Gasteiger partial charge in [0.05, 0.1) is 19.8 Å². The van der Waals surface area contributed by atoms with Gasteiger partial charge >= 0.3 is 5.97 Å². The molecule has 0 aliphatic carbocycles. The fourth-order valence-corrected chi connectivity index (χ4v) is 1.89. The fraction of sp³-hybridized carbons (Fsp3) is 0.200. The molecule has 0 aliphatic rings. The molecule has 0 aliphatic heterocycles. The molecular formula is C10H9NO3S. The van der Waals surface area contributed by atoms with Crippen LogP contribution in [0.5, 0.6) is 0 Å². The highest BCUT2D eigenvalue weighted by Gasteiger charge is 2.10. The lowest BCUT2D eigenvalue weighted by Gasteiger charge is -1.93. The van der Waals surface area contributed by atoms with E-state index in [4.69, 9.17) is 4.42 Å². The lowest BCUT2D eigenvalue weighted by atomic mass is 10.3. The molecule has 2 rings (SSSR count). The number of thiazole rings is 1. The van der Waals surface area contributed by atoms with Gasteiger partial charge in [-0.05, 0) is 12.1 Å². The molecule has 15 heavy (non-hydrogen) atoms. The third kappa shape index (κ3) is 2.24. The van der Waals surface area contributed by atoms with Gasteiger partial charge in [0.2, 0.25) is 0 Å². The monoisotopic (exact) mass is 223 g/mol. The van der Waals surface area contributed by atoms with Crippen LogP contribution < -0.4 is 0 Å². The van der Waals surface area contributed by atoms with Gasteiger partial charge in [-0.2, -0.15) is 0 Å². The van der Waals surface area contributed by atoms with Gasteiger partial charge < -0.3 is 9.15 Å². The average molecular weight is 223 g/mol. The smallest absolute Gasteiger partial charge is 0.312 e. The Hall–Kier alpha value is -1.62. The number of furan rings is 1. The van der Waals surface area contributed by atoms with E-state index in [1.54, 1.807) is 12.3 Å². The maximum atomic E-state index is 11.0. The second kappa shape index (κ2) is 4.27. The van der Waals surface area contributed by atoms with Gasteiger partial charge in [0, 0.05) is 5.38 Å². The van der Waals surface area contributed by atoms with E-state index in [0.29, 0.717) is 5.76 Å². The van der Waals surface area contributed by atoms with E-state index >= 15 is 0 Å². The summed E-state index contributed by atoms with van der Waals surface area (Å²) in [6, 6.07) is 3.63. The molecule has 0 N–H and O–H groups in total. The van der Waals surface area contributed by atoms with Crippen molar-refractivity contribution in [1.82, 2.24) is 4.98 Å². The summed E-state index contributed by atoms with van der Waals surface area (Å²) in [5.74, 6) is 0.428. The summed E-state index contributed by atoms with van der Waals surface area (Å²) in [6.45, 7) is 0. The number of aromatic nitrogens is 1. The molecule has 0 fully saturated rings. The average Bonchev–Trinajstić information content (AvgIpc) is 2.85. The minimum Gasteiger partial charge on any atom is -0.469 e. The second-order valence-corrected chi connectivity index (χ2v) is 3.80. The molecule has 0 saturated carbocycles. The summed E-state index contributed by atoms with van der Waals surface area (Å²) in [4.78, 5) is 15.3. The maximum absolute atomic E-state index is 11.0. The van der Waals surface area contributed by atoms with E-state index in [-0.39, 0.29) is 12.4 Å². The number of hydrogen-bond donors (Lipinski definition) is 0. The van der Waals surface area contributed by atoms with Crippen LogP contribution in [0.25, 0.3) is 11.5 Å². The first-order valence-electron chi connectivity index (χ1n) is 4.34. The van der Waals surface area contributed by atoms with E-state index < -0.39 is 0 Å². The molecule has 2 aromatic heterocycles. The van der Waals surface area contributed by atoms with Crippen LogP contribution in [-0.2, 0) is 16.0 Å². The van der Waals surface area contributed by atoms with E-state index in [1.165, 1.54) is 18.4 Å². The lowest BCUT2D eigenvalue weighted by Crippen LogP contribution is -2.03. The normalized spacial score (nSPS) is 10.2. The maximum Gasteiger partial charge on any atom is 0.312 e. The first-order chi connectivity index (χ1) is 7.29. The zero-order valence-corrected chi connectivity index (χ0v) is 8.91. The van der Waals surface area contributed by atoms with Gasteiger partial charge in [0.25, 0.3) is 0 Å². The molecule has 0 saturated heterocycles. The van der Waals surface area contributed by atoms with E-state index in [2.05, 4.69) is 9.72 Å². The van der Waals surface area contributed by atoms with Gasteiger partial charge in [-0.3, -0.25) is 4.79 Å². The third-order valence-corrected chi connectivity index (χ3v) is 2.70. The molecule has 4 nitrogen and oxygen atoms in total. The predicted molar refractivity (Wildman–Crippen MR) is 55.5 cm³/mol. The number of esters is 1. The number of hydrogen-bond acceptors (Lipinski definition) is 5. The minimum atomic E-state index is -0.282. The Morgan fingerprint density at radius 2 is 2.53 bits per heavy atom. The van der Waals surface area contributed by atoms with Crippen LogP contribution in [-0.4, -0.2) is 18.1 Å². The van der Waals surface area contributed by atoms with Gasteiger partial charge in [0.1, 0.15) is 10.7 Å². The highest BCUT2D eigenvalue weighted by atomic mass is 32.1. The SMILES string of the molecule is COC(=O)Cc1nc(-c2ccco2)cs1. The summed E-state index contributed by atoms with van der Waals surface area (Å²) in [7, 11) is 1.36. The Labute approximate surface area is 90.5 Å². The molecule has 0 radical (unpaired) electrons. The first kappa shape index (κ1) is 9.92. The Morgan fingerprint density at radius 1 is 1.67 bits per heavy atom. The third-order valence-electron chi connectivity index (χ3n) is 1.85. The molecule has 0 unspecified atom stereocenters. The van der Waals surface area contributed by atoms with Gasteiger partial charge in [0.15, 0.2) is 5.76 Å². The van der Waals surface area contributed by atoms with Gasteiger partial charge in [-0.15, -0.1) is 11.3 Å². The number of ether oxygens (including phenoxy) is 1. The Balaban J connectivity index is 2.14. The van der Waals surface area contributed by atoms with Crippen molar-refractivity contribution >= 4 is 17.3 Å². The first-order valence-corrected chi connectivity index (χ1v) is 5.22. The number of nitrogens with zero attached hydrogens (tertiary/aromatic N) is 1. The van der Waals surface area contributed by atoms with Crippen LogP contribution in [0, 0.1) is 0 Å². The fourth-order valence-electron chi connectivity index (χ4n) is 1.13. The molecule has 0 bridgehead atoms. The molecule has 78 valence electrons. The zero-order chi connectivity index (χ0) is 10.7. The highest BCUT2D eigenvalue weighted by Crippen LogP contribution is 2.22. The van der Waals surface area contributed by atoms with Crippen molar-refractivity contribution in [1.29, 1.82) is 0 Å². The summed E-state index contributed by atoms with van der Waals surface area (Å²) in [5, 5.41) is 2.59. The van der Waals surface area contributed by atoms with Gasteiger partial charge in [-0.1, -0.05) is 0 Å². The number of methoxy groups -OCH3 is 1. The van der Waals surface area contributed by atoms with Crippen molar-refractivity contribution in [3.05, 3.63) is 28.8 Å². The topological polar surface area (TPSA) is 52.3 Å². The minimum absolute atomic E-state index is 0.210. The molecule has 0 amide bonds. The van der Waals surface area contributed by atoms with Crippen LogP contribution in [0.4, 0.5) is 0 Å². The Kier molecular flexibility index (Phi) is 2.82. The largest absolute Gasteiger partial charge is 0.469 e. The Bertz CT molecular complexity index is 447. The van der Waals surface area contributed by atoms with Gasteiger partial charge in [-0.25, -0.2) is 4.98 Å². The lowest BCUT2D eigenvalue weighted by molar-refractivity contribution is -0.139.